The van der Waals surface area contributed by atoms with Crippen LogP contribution in [0.25, 0.3) is 22.6 Å². The monoisotopic (exact) mass is 378 g/mol. The Labute approximate surface area is 162 Å². The highest BCUT2D eigenvalue weighted by molar-refractivity contribution is 6.07. The van der Waals surface area contributed by atoms with Gasteiger partial charge in [0.1, 0.15) is 0 Å². The van der Waals surface area contributed by atoms with Crippen molar-refractivity contribution >= 4 is 16.8 Å². The number of carbonyl (C=O) groups excluding carboxylic acids is 1. The molecule has 7 heteroatoms. The minimum atomic E-state index is -0.0389. The highest BCUT2D eigenvalue weighted by atomic mass is 16.4. The van der Waals surface area contributed by atoms with Crippen molar-refractivity contribution in [2.24, 2.45) is 0 Å². The van der Waals surface area contributed by atoms with Crippen molar-refractivity contribution in [2.45, 2.75) is 33.4 Å². The Morgan fingerprint density at radius 1 is 1.14 bits per heavy atom. The number of benzene rings is 1. The third-order valence-electron chi connectivity index (χ3n) is 4.67. The van der Waals surface area contributed by atoms with Gasteiger partial charge in [-0.3, -0.25) is 4.79 Å². The average Bonchev–Trinajstić information content (AvgIpc) is 3.46. The summed E-state index contributed by atoms with van der Waals surface area (Å²) in [5.41, 5.74) is 1.75. The molecule has 0 aliphatic rings. The van der Waals surface area contributed by atoms with Gasteiger partial charge in [-0.25, -0.2) is 0 Å². The molecule has 0 saturated heterocycles. The summed E-state index contributed by atoms with van der Waals surface area (Å²) in [6, 6.07) is 11.5. The molecule has 4 rings (SSSR count). The van der Waals surface area contributed by atoms with Crippen molar-refractivity contribution in [1.82, 2.24) is 19.7 Å². The van der Waals surface area contributed by atoms with Crippen LogP contribution in [0.3, 0.4) is 0 Å². The van der Waals surface area contributed by atoms with Crippen LogP contribution in [0, 0.1) is 0 Å². The van der Waals surface area contributed by atoms with E-state index in [1.807, 2.05) is 37.4 Å². The first-order valence-electron chi connectivity index (χ1n) is 9.44. The smallest absolute Gasteiger partial charge is 0.283 e. The molecule has 0 unspecified atom stereocenters. The molecular weight excluding hydrogens is 356 g/mol. The molecule has 0 N–H and O–H groups in total. The molecule has 0 aliphatic carbocycles. The molecule has 0 radical (unpaired) electrons. The van der Waals surface area contributed by atoms with Crippen molar-refractivity contribution in [1.29, 1.82) is 0 Å². The van der Waals surface area contributed by atoms with Crippen LogP contribution < -0.4 is 0 Å². The van der Waals surface area contributed by atoms with E-state index in [2.05, 4.69) is 21.7 Å². The molecule has 0 atom stereocenters. The molecule has 0 fully saturated rings. The summed E-state index contributed by atoms with van der Waals surface area (Å²) in [7, 11) is 0. The number of aryl methyl sites for hydroxylation is 1. The van der Waals surface area contributed by atoms with Gasteiger partial charge >= 0.3 is 0 Å². The molecule has 144 valence electrons. The van der Waals surface area contributed by atoms with Gasteiger partial charge in [-0.2, -0.15) is 0 Å². The van der Waals surface area contributed by atoms with Gasteiger partial charge in [0, 0.05) is 30.2 Å². The molecule has 7 nitrogen and oxygen atoms in total. The average molecular weight is 378 g/mol. The van der Waals surface area contributed by atoms with Crippen molar-refractivity contribution in [2.75, 3.05) is 6.54 Å². The van der Waals surface area contributed by atoms with Crippen LogP contribution in [0.5, 0.6) is 0 Å². The van der Waals surface area contributed by atoms with Crippen molar-refractivity contribution < 1.29 is 13.6 Å². The number of aromatic nitrogens is 3. The maximum atomic E-state index is 13.3. The van der Waals surface area contributed by atoms with Gasteiger partial charge in [0.15, 0.2) is 5.76 Å². The summed E-state index contributed by atoms with van der Waals surface area (Å²) in [6.45, 7) is 5.77. The van der Waals surface area contributed by atoms with E-state index in [0.29, 0.717) is 29.6 Å². The quantitative estimate of drug-likeness (QED) is 0.478. The van der Waals surface area contributed by atoms with Crippen LogP contribution >= 0.6 is 0 Å². The number of furan rings is 1. The topological polar surface area (TPSA) is 77.3 Å². The molecule has 1 amide bonds. The standard InChI is InChI=1S/C21H22N4O3/c1-3-11-25(14-19-22-23-20(28-19)18-10-7-12-27-18)21(26)16-13-24(4-2)17-9-6-5-8-15(16)17/h5-10,12-13H,3-4,11,14H2,1-2H3. The first-order chi connectivity index (χ1) is 13.7. The number of fused-ring (bicyclic) bond motifs is 1. The first kappa shape index (κ1) is 18.0. The minimum absolute atomic E-state index is 0.0389. The minimum Gasteiger partial charge on any atom is -0.459 e. The largest absolute Gasteiger partial charge is 0.459 e. The molecule has 1 aromatic carbocycles. The Morgan fingerprint density at radius 2 is 2.00 bits per heavy atom. The lowest BCUT2D eigenvalue weighted by Crippen LogP contribution is -2.31. The fourth-order valence-corrected chi connectivity index (χ4v) is 3.35. The zero-order valence-electron chi connectivity index (χ0n) is 16.0. The van der Waals surface area contributed by atoms with Crippen LogP contribution in [0.15, 0.2) is 57.7 Å². The first-order valence-corrected chi connectivity index (χ1v) is 9.44. The third kappa shape index (κ3) is 3.31. The summed E-state index contributed by atoms with van der Waals surface area (Å²) >= 11 is 0. The lowest BCUT2D eigenvalue weighted by Gasteiger charge is -2.20. The number of nitrogens with zero attached hydrogens (tertiary/aromatic N) is 4. The van der Waals surface area contributed by atoms with Crippen LogP contribution in [0.4, 0.5) is 0 Å². The van der Waals surface area contributed by atoms with E-state index in [1.54, 1.807) is 23.3 Å². The van der Waals surface area contributed by atoms with Crippen LogP contribution in [0.1, 0.15) is 36.5 Å². The Bertz CT molecular complexity index is 1080. The van der Waals surface area contributed by atoms with E-state index in [-0.39, 0.29) is 12.5 Å². The molecule has 4 aromatic rings. The van der Waals surface area contributed by atoms with Gasteiger partial charge in [0.25, 0.3) is 11.8 Å². The normalized spacial score (nSPS) is 11.2. The van der Waals surface area contributed by atoms with Crippen LogP contribution in [0.2, 0.25) is 0 Å². The third-order valence-corrected chi connectivity index (χ3v) is 4.67. The van der Waals surface area contributed by atoms with Gasteiger partial charge < -0.3 is 18.3 Å². The van der Waals surface area contributed by atoms with E-state index < -0.39 is 0 Å². The van der Waals surface area contributed by atoms with Crippen LogP contribution in [-0.4, -0.2) is 32.1 Å². The molecule has 28 heavy (non-hydrogen) atoms. The molecule has 0 spiro atoms. The predicted octanol–water partition coefficient (Wildman–Crippen LogP) is 4.36. The van der Waals surface area contributed by atoms with Crippen LogP contribution in [-0.2, 0) is 13.1 Å². The fourth-order valence-electron chi connectivity index (χ4n) is 3.35. The summed E-state index contributed by atoms with van der Waals surface area (Å²) < 4.78 is 13.1. The zero-order chi connectivity index (χ0) is 19.5. The van der Waals surface area contributed by atoms with E-state index in [9.17, 15) is 4.79 Å². The zero-order valence-corrected chi connectivity index (χ0v) is 16.0. The van der Waals surface area contributed by atoms with Crippen molar-refractivity contribution in [3.63, 3.8) is 0 Å². The highest BCUT2D eigenvalue weighted by Crippen LogP contribution is 2.24. The van der Waals surface area contributed by atoms with Gasteiger partial charge in [0.05, 0.1) is 18.4 Å². The second-order valence-electron chi connectivity index (χ2n) is 6.55. The van der Waals surface area contributed by atoms with Crippen molar-refractivity contribution in [3.8, 4) is 11.7 Å². The Kier molecular flexibility index (Phi) is 4.97. The van der Waals surface area contributed by atoms with E-state index in [0.717, 1.165) is 23.9 Å². The molecule has 0 bridgehead atoms. The maximum absolute atomic E-state index is 13.3. The molecule has 3 aromatic heterocycles. The van der Waals surface area contributed by atoms with E-state index >= 15 is 0 Å². The fraction of sp³-hybridized carbons (Fsp3) is 0.286. The lowest BCUT2D eigenvalue weighted by molar-refractivity contribution is 0.0730. The van der Waals surface area contributed by atoms with Crippen molar-refractivity contribution in [3.05, 3.63) is 60.3 Å². The summed E-state index contributed by atoms with van der Waals surface area (Å²) in [4.78, 5) is 15.1. The lowest BCUT2D eigenvalue weighted by atomic mass is 10.1. The van der Waals surface area contributed by atoms with E-state index in [4.69, 9.17) is 8.83 Å². The number of hydrogen-bond donors (Lipinski definition) is 0. The molecule has 0 aliphatic heterocycles. The Morgan fingerprint density at radius 3 is 2.75 bits per heavy atom. The highest BCUT2D eigenvalue weighted by Gasteiger charge is 2.22. The second kappa shape index (κ2) is 7.72. The number of rotatable bonds is 7. The number of para-hydroxylation sites is 1. The van der Waals surface area contributed by atoms with Gasteiger partial charge in [-0.15, -0.1) is 10.2 Å². The molecule has 0 saturated carbocycles. The second-order valence-corrected chi connectivity index (χ2v) is 6.55. The Balaban J connectivity index is 1.62. The maximum Gasteiger partial charge on any atom is 0.283 e. The molecular formula is C21H22N4O3. The summed E-state index contributed by atoms with van der Waals surface area (Å²) in [5, 5.41) is 9.05. The van der Waals surface area contributed by atoms with Gasteiger partial charge in [0.2, 0.25) is 5.89 Å². The Hall–Kier alpha value is -3.35. The number of amides is 1. The number of carbonyl (C=O) groups is 1. The van der Waals surface area contributed by atoms with E-state index in [1.165, 1.54) is 0 Å². The summed E-state index contributed by atoms with van der Waals surface area (Å²) in [5.74, 6) is 1.17. The van der Waals surface area contributed by atoms with Gasteiger partial charge in [-0.1, -0.05) is 25.1 Å². The van der Waals surface area contributed by atoms with Gasteiger partial charge in [-0.05, 0) is 31.5 Å². The molecule has 3 heterocycles. The summed E-state index contributed by atoms with van der Waals surface area (Å²) in [6.07, 6.45) is 4.31. The SMILES string of the molecule is CCCN(Cc1nnc(-c2ccco2)o1)C(=O)c1cn(CC)c2ccccc12. The predicted molar refractivity (Wildman–Crippen MR) is 105 cm³/mol. The number of hydrogen-bond acceptors (Lipinski definition) is 5.